The van der Waals surface area contributed by atoms with E-state index in [1.165, 1.54) is 6.92 Å². The maximum Gasteiger partial charge on any atom is 0.344 e. The van der Waals surface area contributed by atoms with Crippen LogP contribution >= 0.6 is 0 Å². The van der Waals surface area contributed by atoms with Crippen LogP contribution in [0.4, 0.5) is 5.69 Å². The molecule has 0 unspecified atom stereocenters. The van der Waals surface area contributed by atoms with Crippen molar-refractivity contribution >= 4 is 39.6 Å². The quantitative estimate of drug-likeness (QED) is 0.152. The minimum absolute atomic E-state index is 0.227. The van der Waals surface area contributed by atoms with Gasteiger partial charge in [-0.2, -0.15) is 0 Å². The fourth-order valence-electron chi connectivity index (χ4n) is 4.47. The van der Waals surface area contributed by atoms with Crippen LogP contribution in [0.2, 0.25) is 0 Å². The molecule has 38 heavy (non-hydrogen) atoms. The second-order valence-electron chi connectivity index (χ2n) is 9.38. The Hall–Kier alpha value is -4.73. The molecule has 0 saturated carbocycles. The van der Waals surface area contributed by atoms with Crippen molar-refractivity contribution in [3.05, 3.63) is 59.5 Å². The molecular formula is C28H28N5O5+. The van der Waals surface area contributed by atoms with Crippen LogP contribution in [-0.2, 0) is 21.3 Å². The van der Waals surface area contributed by atoms with Gasteiger partial charge in [0.05, 0.1) is 17.1 Å². The fourth-order valence-corrected chi connectivity index (χ4v) is 4.47. The van der Waals surface area contributed by atoms with E-state index >= 15 is 0 Å². The molecule has 2 aliphatic rings. The molecule has 0 bridgehead atoms. The molecule has 10 nitrogen and oxygen atoms in total. The van der Waals surface area contributed by atoms with Crippen molar-refractivity contribution in [2.45, 2.75) is 6.92 Å². The SMILES string of the molecule is CC(=O)OCOC(=O)c1c(-c2c3ccc(=[N+](C)C)cc-3oc3cc(N(C)C)ccc23)ccc2c1nnn2C. The molecule has 2 heterocycles. The Labute approximate surface area is 218 Å². The Bertz CT molecular complexity index is 1760. The first-order valence-corrected chi connectivity index (χ1v) is 12.0. The highest BCUT2D eigenvalue weighted by Gasteiger charge is 2.27. The topological polar surface area (TPSA) is 103 Å². The predicted octanol–water partition coefficient (Wildman–Crippen LogP) is 3.26. The Balaban J connectivity index is 1.86. The number of hydrogen-bond donors (Lipinski definition) is 0. The molecule has 0 saturated heterocycles. The molecule has 10 heteroatoms. The minimum Gasteiger partial charge on any atom is -0.456 e. The molecule has 1 aliphatic carbocycles. The first-order chi connectivity index (χ1) is 18.2. The van der Waals surface area contributed by atoms with Crippen LogP contribution in [0.15, 0.2) is 52.9 Å². The van der Waals surface area contributed by atoms with Gasteiger partial charge in [0.25, 0.3) is 0 Å². The van der Waals surface area contributed by atoms with Crippen molar-refractivity contribution in [3.8, 4) is 22.5 Å². The van der Waals surface area contributed by atoms with Gasteiger partial charge in [0.15, 0.2) is 0 Å². The molecule has 0 N–H and O–H groups in total. The summed E-state index contributed by atoms with van der Waals surface area (Å²) in [5.74, 6) is -0.567. The Kier molecular flexibility index (Phi) is 6.31. The second-order valence-corrected chi connectivity index (χ2v) is 9.38. The summed E-state index contributed by atoms with van der Waals surface area (Å²) in [6.07, 6.45) is 0. The van der Waals surface area contributed by atoms with Gasteiger partial charge in [-0.15, -0.1) is 5.10 Å². The van der Waals surface area contributed by atoms with Crippen molar-refractivity contribution in [1.29, 1.82) is 0 Å². The van der Waals surface area contributed by atoms with Gasteiger partial charge in [-0.25, -0.2) is 14.1 Å². The number of fused-ring (bicyclic) bond motifs is 3. The van der Waals surface area contributed by atoms with Gasteiger partial charge in [0.1, 0.15) is 31.0 Å². The monoisotopic (exact) mass is 514 g/mol. The summed E-state index contributed by atoms with van der Waals surface area (Å²) in [6.45, 7) is 0.743. The van der Waals surface area contributed by atoms with E-state index in [4.69, 9.17) is 13.9 Å². The van der Waals surface area contributed by atoms with Gasteiger partial charge < -0.3 is 18.8 Å². The highest BCUT2D eigenvalue weighted by atomic mass is 16.7. The third kappa shape index (κ3) is 4.34. The minimum atomic E-state index is -0.677. The summed E-state index contributed by atoms with van der Waals surface area (Å²) in [6, 6.07) is 15.6. The zero-order chi connectivity index (χ0) is 27.1. The van der Waals surface area contributed by atoms with Crippen LogP contribution in [0.25, 0.3) is 44.5 Å². The van der Waals surface area contributed by atoms with E-state index in [9.17, 15) is 9.59 Å². The van der Waals surface area contributed by atoms with Gasteiger partial charge in [-0.1, -0.05) is 11.3 Å². The number of carbonyl (C=O) groups is 2. The van der Waals surface area contributed by atoms with Gasteiger partial charge in [0.2, 0.25) is 12.2 Å². The lowest BCUT2D eigenvalue weighted by molar-refractivity contribution is -0.149. The Morgan fingerprint density at radius 3 is 2.50 bits per heavy atom. The lowest BCUT2D eigenvalue weighted by Gasteiger charge is -2.19. The maximum absolute atomic E-state index is 13.5. The molecule has 0 atom stereocenters. The third-order valence-corrected chi connectivity index (χ3v) is 6.43. The number of rotatable bonds is 5. The van der Waals surface area contributed by atoms with Crippen molar-refractivity contribution < 1.29 is 23.5 Å². The zero-order valence-corrected chi connectivity index (χ0v) is 22.1. The highest BCUT2D eigenvalue weighted by Crippen LogP contribution is 2.43. The lowest BCUT2D eigenvalue weighted by Crippen LogP contribution is -2.21. The van der Waals surface area contributed by atoms with E-state index < -0.39 is 18.7 Å². The zero-order valence-electron chi connectivity index (χ0n) is 22.1. The number of benzene rings is 3. The van der Waals surface area contributed by atoms with E-state index in [0.717, 1.165) is 27.6 Å². The molecule has 2 aromatic carbocycles. The third-order valence-electron chi connectivity index (χ3n) is 6.43. The van der Waals surface area contributed by atoms with Gasteiger partial charge in [-0.3, -0.25) is 4.79 Å². The highest BCUT2D eigenvalue weighted by molar-refractivity contribution is 6.13. The van der Waals surface area contributed by atoms with Gasteiger partial charge in [-0.05, 0) is 24.3 Å². The molecule has 0 radical (unpaired) electrons. The normalized spacial score (nSPS) is 11.2. The molecule has 5 rings (SSSR count). The van der Waals surface area contributed by atoms with Crippen LogP contribution in [0.3, 0.4) is 0 Å². The number of carbonyl (C=O) groups excluding carboxylic acids is 2. The molecule has 0 amide bonds. The number of nitrogens with zero attached hydrogens (tertiary/aromatic N) is 5. The lowest BCUT2D eigenvalue weighted by atomic mass is 9.90. The summed E-state index contributed by atoms with van der Waals surface area (Å²) in [5.41, 5.74) is 5.12. The van der Waals surface area contributed by atoms with Crippen LogP contribution in [0.5, 0.6) is 0 Å². The number of hydrogen-bond acceptors (Lipinski definition) is 8. The van der Waals surface area contributed by atoms with E-state index in [2.05, 4.69) is 10.3 Å². The van der Waals surface area contributed by atoms with E-state index in [1.54, 1.807) is 11.7 Å². The van der Waals surface area contributed by atoms with E-state index in [1.807, 2.05) is 86.2 Å². The molecule has 194 valence electrons. The van der Waals surface area contributed by atoms with Gasteiger partial charge in [0, 0.05) is 68.0 Å². The summed E-state index contributed by atoms with van der Waals surface area (Å²) >= 11 is 0. The van der Waals surface area contributed by atoms with Crippen molar-refractivity contribution in [1.82, 2.24) is 19.6 Å². The van der Waals surface area contributed by atoms with Crippen molar-refractivity contribution in [2.75, 3.05) is 39.9 Å². The second kappa shape index (κ2) is 9.62. The average molecular weight is 515 g/mol. The molecule has 0 fully saturated rings. The summed E-state index contributed by atoms with van der Waals surface area (Å²) in [4.78, 5) is 26.7. The molecular weight excluding hydrogens is 486 g/mol. The average Bonchev–Trinajstić information content (AvgIpc) is 3.26. The Morgan fingerprint density at radius 1 is 1.03 bits per heavy atom. The summed E-state index contributed by atoms with van der Waals surface area (Å²) in [5, 5.41) is 10.2. The van der Waals surface area contributed by atoms with E-state index in [0.29, 0.717) is 27.9 Å². The van der Waals surface area contributed by atoms with Crippen molar-refractivity contribution in [3.63, 3.8) is 0 Å². The van der Waals surface area contributed by atoms with Crippen LogP contribution < -0.4 is 14.8 Å². The summed E-state index contributed by atoms with van der Waals surface area (Å²) < 4.78 is 20.2. The van der Waals surface area contributed by atoms with Crippen molar-refractivity contribution in [2.24, 2.45) is 7.05 Å². The number of ether oxygens (including phenoxy) is 2. The Morgan fingerprint density at radius 2 is 1.79 bits per heavy atom. The molecule has 3 aromatic rings. The van der Waals surface area contributed by atoms with Gasteiger partial charge >= 0.3 is 11.9 Å². The number of anilines is 1. The van der Waals surface area contributed by atoms with Crippen LogP contribution in [0.1, 0.15) is 17.3 Å². The largest absolute Gasteiger partial charge is 0.456 e. The fraction of sp³-hybridized carbons (Fsp3) is 0.250. The van der Waals surface area contributed by atoms with Crippen LogP contribution in [-0.4, -0.2) is 61.9 Å². The molecule has 1 aromatic heterocycles. The number of esters is 2. The predicted molar refractivity (Wildman–Crippen MR) is 144 cm³/mol. The van der Waals surface area contributed by atoms with E-state index in [-0.39, 0.29) is 5.56 Å². The standard InChI is InChI=1S/C28H28N5O5/c1-16(34)36-15-37-28(35)26-21(11-12-22-27(26)29-30-33(22)6)25-19-9-7-17(31(2)3)13-23(19)38-24-14-18(32(4)5)8-10-20(24)25/h7-14H,15H2,1-6H3/q+1. The number of aromatic nitrogens is 3. The first kappa shape index (κ1) is 24.9. The smallest absolute Gasteiger partial charge is 0.344 e. The molecule has 1 aliphatic heterocycles. The summed E-state index contributed by atoms with van der Waals surface area (Å²) in [7, 11) is 9.61. The maximum atomic E-state index is 13.5. The number of aryl methyl sites for hydroxylation is 1. The first-order valence-electron chi connectivity index (χ1n) is 12.0. The molecule has 0 spiro atoms. The van der Waals surface area contributed by atoms with Crippen LogP contribution in [0, 0.1) is 0 Å².